The van der Waals surface area contributed by atoms with Gasteiger partial charge in [0.15, 0.2) is 5.11 Å². The first-order chi connectivity index (χ1) is 14.4. The van der Waals surface area contributed by atoms with Gasteiger partial charge in [-0.2, -0.15) is 0 Å². The van der Waals surface area contributed by atoms with Crippen molar-refractivity contribution in [1.29, 1.82) is 0 Å². The molecule has 0 aliphatic heterocycles. The standard InChI is InChI=1S/C22H16BrClN4OS/c1-12-9-18-19(11-17(12)24)27-20(26-18)14-3-2-4-16(10-14)25-22(30)28-21(29)13-5-7-15(23)8-6-13/h2-11H,1H3,(H,26,27)(H2,25,28,29,30). The molecule has 0 fully saturated rings. The summed E-state index contributed by atoms with van der Waals surface area (Å²) in [5.41, 5.74) is 4.85. The molecule has 0 aliphatic rings. The Morgan fingerprint density at radius 3 is 2.67 bits per heavy atom. The van der Waals surface area contributed by atoms with Crippen LogP contribution in [0.1, 0.15) is 15.9 Å². The molecule has 3 N–H and O–H groups in total. The van der Waals surface area contributed by atoms with E-state index in [-0.39, 0.29) is 11.0 Å². The Hall–Kier alpha value is -2.74. The third-order valence-corrected chi connectivity index (χ3v) is 5.63. The molecule has 0 bridgehead atoms. The molecule has 0 unspecified atom stereocenters. The number of fused-ring (bicyclic) bond motifs is 1. The summed E-state index contributed by atoms with van der Waals surface area (Å²) in [6, 6.07) is 18.5. The highest BCUT2D eigenvalue weighted by atomic mass is 79.9. The van der Waals surface area contributed by atoms with Crippen LogP contribution in [0, 0.1) is 6.92 Å². The fourth-order valence-electron chi connectivity index (χ4n) is 2.96. The van der Waals surface area contributed by atoms with E-state index >= 15 is 0 Å². The van der Waals surface area contributed by atoms with Crippen LogP contribution in [0.25, 0.3) is 22.4 Å². The smallest absolute Gasteiger partial charge is 0.257 e. The Morgan fingerprint density at radius 2 is 1.90 bits per heavy atom. The number of aromatic nitrogens is 2. The number of thiocarbonyl (C=S) groups is 1. The molecule has 0 atom stereocenters. The number of anilines is 1. The molecular formula is C22H16BrClN4OS. The molecule has 0 saturated carbocycles. The zero-order valence-corrected chi connectivity index (χ0v) is 19.0. The van der Waals surface area contributed by atoms with Gasteiger partial charge in [-0.25, -0.2) is 4.98 Å². The fraction of sp³-hybridized carbons (Fsp3) is 0.0455. The van der Waals surface area contributed by atoms with Gasteiger partial charge in [0.25, 0.3) is 5.91 Å². The molecule has 1 heterocycles. The van der Waals surface area contributed by atoms with Crippen molar-refractivity contribution in [3.8, 4) is 11.4 Å². The highest BCUT2D eigenvalue weighted by Gasteiger charge is 2.10. The minimum atomic E-state index is -0.277. The van der Waals surface area contributed by atoms with Crippen molar-refractivity contribution < 1.29 is 4.79 Å². The van der Waals surface area contributed by atoms with Gasteiger partial charge in [0.2, 0.25) is 0 Å². The van der Waals surface area contributed by atoms with Crippen LogP contribution in [-0.2, 0) is 0 Å². The normalized spacial score (nSPS) is 10.8. The molecule has 0 radical (unpaired) electrons. The SMILES string of the molecule is Cc1cc2[nH]c(-c3cccc(NC(=S)NC(=O)c4ccc(Br)cc4)c3)nc2cc1Cl. The van der Waals surface area contributed by atoms with Crippen LogP contribution in [0.15, 0.2) is 65.1 Å². The molecular weight excluding hydrogens is 484 g/mol. The number of nitrogens with zero attached hydrogens (tertiary/aromatic N) is 1. The summed E-state index contributed by atoms with van der Waals surface area (Å²) in [7, 11) is 0. The lowest BCUT2D eigenvalue weighted by Gasteiger charge is -2.10. The molecule has 4 aromatic rings. The van der Waals surface area contributed by atoms with Crippen LogP contribution >= 0.6 is 39.7 Å². The quantitative estimate of drug-likeness (QED) is 0.299. The second-order valence-electron chi connectivity index (χ2n) is 6.70. The molecule has 0 saturated heterocycles. The molecule has 1 aromatic heterocycles. The summed E-state index contributed by atoms with van der Waals surface area (Å²) in [6.07, 6.45) is 0. The van der Waals surface area contributed by atoms with E-state index in [9.17, 15) is 4.79 Å². The van der Waals surface area contributed by atoms with Gasteiger partial charge in [-0.05, 0) is 73.2 Å². The van der Waals surface area contributed by atoms with E-state index in [1.54, 1.807) is 24.3 Å². The van der Waals surface area contributed by atoms with E-state index in [0.29, 0.717) is 10.6 Å². The molecule has 0 spiro atoms. The van der Waals surface area contributed by atoms with Crippen molar-refractivity contribution in [2.45, 2.75) is 6.92 Å². The fourth-order valence-corrected chi connectivity index (χ4v) is 3.59. The summed E-state index contributed by atoms with van der Waals surface area (Å²) in [5.74, 6) is 0.445. The Bertz CT molecular complexity index is 1230. The van der Waals surface area contributed by atoms with Gasteiger partial charge < -0.3 is 10.3 Å². The van der Waals surface area contributed by atoms with Crippen LogP contribution < -0.4 is 10.6 Å². The Balaban J connectivity index is 1.50. The minimum Gasteiger partial charge on any atom is -0.338 e. The molecule has 5 nitrogen and oxygen atoms in total. The molecule has 4 rings (SSSR count). The summed E-state index contributed by atoms with van der Waals surface area (Å²) >= 11 is 14.8. The monoisotopic (exact) mass is 498 g/mol. The van der Waals surface area contributed by atoms with Crippen LogP contribution in [-0.4, -0.2) is 21.0 Å². The molecule has 8 heteroatoms. The first-order valence-electron chi connectivity index (χ1n) is 9.03. The van der Waals surface area contributed by atoms with Crippen molar-refractivity contribution in [3.63, 3.8) is 0 Å². The van der Waals surface area contributed by atoms with Gasteiger partial charge in [0, 0.05) is 26.3 Å². The number of nitrogens with one attached hydrogen (secondary N) is 3. The zero-order chi connectivity index (χ0) is 21.3. The second kappa shape index (κ2) is 8.55. The van der Waals surface area contributed by atoms with Gasteiger partial charge in [-0.15, -0.1) is 0 Å². The van der Waals surface area contributed by atoms with E-state index < -0.39 is 0 Å². The average Bonchev–Trinajstić information content (AvgIpc) is 3.11. The first kappa shape index (κ1) is 20.5. The maximum atomic E-state index is 12.3. The van der Waals surface area contributed by atoms with Crippen molar-refractivity contribution in [3.05, 3.63) is 81.3 Å². The Kier molecular flexibility index (Phi) is 5.85. The molecule has 3 aromatic carbocycles. The molecule has 30 heavy (non-hydrogen) atoms. The number of H-pyrrole nitrogens is 1. The third kappa shape index (κ3) is 4.53. The van der Waals surface area contributed by atoms with Gasteiger partial charge in [-0.3, -0.25) is 10.1 Å². The highest BCUT2D eigenvalue weighted by molar-refractivity contribution is 9.10. The number of aromatic amines is 1. The topological polar surface area (TPSA) is 69.8 Å². The lowest BCUT2D eigenvalue weighted by Crippen LogP contribution is -2.34. The van der Waals surface area contributed by atoms with E-state index in [1.165, 1.54) is 0 Å². The molecule has 150 valence electrons. The van der Waals surface area contributed by atoms with Crippen molar-refractivity contribution in [1.82, 2.24) is 15.3 Å². The van der Waals surface area contributed by atoms with Crippen molar-refractivity contribution >= 4 is 67.5 Å². The summed E-state index contributed by atoms with van der Waals surface area (Å²) in [4.78, 5) is 20.3. The summed E-state index contributed by atoms with van der Waals surface area (Å²) < 4.78 is 0.902. The lowest BCUT2D eigenvalue weighted by atomic mass is 10.2. The third-order valence-electron chi connectivity index (χ3n) is 4.49. The predicted octanol–water partition coefficient (Wildman–Crippen LogP) is 6.08. The van der Waals surface area contributed by atoms with E-state index in [4.69, 9.17) is 23.8 Å². The summed E-state index contributed by atoms with van der Waals surface area (Å²) in [5, 5.41) is 6.63. The van der Waals surface area contributed by atoms with Gasteiger partial charge in [0.1, 0.15) is 5.82 Å². The van der Waals surface area contributed by atoms with Crippen molar-refractivity contribution in [2.75, 3.05) is 5.32 Å². The van der Waals surface area contributed by atoms with Gasteiger partial charge >= 0.3 is 0 Å². The van der Waals surface area contributed by atoms with Gasteiger partial charge in [0.05, 0.1) is 11.0 Å². The van der Waals surface area contributed by atoms with Crippen LogP contribution in [0.3, 0.4) is 0 Å². The van der Waals surface area contributed by atoms with Crippen LogP contribution in [0.2, 0.25) is 5.02 Å². The Morgan fingerprint density at radius 1 is 1.13 bits per heavy atom. The Labute approximate surface area is 192 Å². The second-order valence-corrected chi connectivity index (χ2v) is 8.43. The first-order valence-corrected chi connectivity index (χ1v) is 10.6. The molecule has 0 aliphatic carbocycles. The number of hydrogen-bond acceptors (Lipinski definition) is 3. The number of benzene rings is 3. The van der Waals surface area contributed by atoms with E-state index in [2.05, 4.69) is 36.5 Å². The number of hydrogen-bond donors (Lipinski definition) is 3. The van der Waals surface area contributed by atoms with Gasteiger partial charge in [-0.1, -0.05) is 39.7 Å². The van der Waals surface area contributed by atoms with Crippen LogP contribution in [0.4, 0.5) is 5.69 Å². The number of rotatable bonds is 3. The predicted molar refractivity (Wildman–Crippen MR) is 129 cm³/mol. The number of halogens is 2. The number of carbonyl (C=O) groups is 1. The maximum Gasteiger partial charge on any atom is 0.257 e. The molecule has 1 amide bonds. The largest absolute Gasteiger partial charge is 0.338 e. The number of imidazole rings is 1. The van der Waals surface area contributed by atoms with E-state index in [1.807, 2.05) is 43.3 Å². The zero-order valence-electron chi connectivity index (χ0n) is 15.8. The highest BCUT2D eigenvalue weighted by Crippen LogP contribution is 2.26. The number of aryl methyl sites for hydroxylation is 1. The lowest BCUT2D eigenvalue weighted by molar-refractivity contribution is 0.0977. The summed E-state index contributed by atoms with van der Waals surface area (Å²) in [6.45, 7) is 1.95. The van der Waals surface area contributed by atoms with E-state index in [0.717, 1.165) is 38.1 Å². The van der Waals surface area contributed by atoms with Crippen LogP contribution in [0.5, 0.6) is 0 Å². The average molecular weight is 500 g/mol. The number of carbonyl (C=O) groups excluding carboxylic acids is 1. The number of amides is 1. The van der Waals surface area contributed by atoms with Crippen molar-refractivity contribution in [2.24, 2.45) is 0 Å². The minimum absolute atomic E-state index is 0.215. The maximum absolute atomic E-state index is 12.3.